The van der Waals surface area contributed by atoms with Gasteiger partial charge in [0.25, 0.3) is 0 Å². The van der Waals surface area contributed by atoms with E-state index < -0.39 is 0 Å². The molecule has 3 aromatic rings. The zero-order valence-electron chi connectivity index (χ0n) is 21.2. The van der Waals surface area contributed by atoms with Gasteiger partial charge in [0.15, 0.2) is 0 Å². The van der Waals surface area contributed by atoms with Crippen molar-refractivity contribution in [3.05, 3.63) is 54.5 Å². The Labute approximate surface area is 216 Å². The average Bonchev–Trinajstić information content (AvgIpc) is 3.35. The van der Waals surface area contributed by atoms with Gasteiger partial charge in [-0.3, -0.25) is 4.79 Å². The fourth-order valence-electron chi connectivity index (χ4n) is 4.65. The van der Waals surface area contributed by atoms with Gasteiger partial charge in [-0.1, -0.05) is 6.58 Å². The van der Waals surface area contributed by atoms with E-state index >= 15 is 0 Å². The number of rotatable bonds is 6. The van der Waals surface area contributed by atoms with Crippen LogP contribution in [-0.4, -0.2) is 83.5 Å². The van der Waals surface area contributed by atoms with E-state index in [1.165, 1.54) is 0 Å². The number of carbonyl (C=O) groups is 1. The molecule has 0 unspecified atom stereocenters. The first-order valence-electron chi connectivity index (χ1n) is 12.5. The first-order chi connectivity index (χ1) is 17.9. The number of hydrogen-bond acceptors (Lipinski definition) is 8. The number of anilines is 1. The SMILES string of the molecule is C=C(C)C(=O)N1CCN(c2ccc(-c3cc(OC[C@@H]4CN[C@H](C)CO4)cn4ncc(C#N)c34)cn2)CC1. The third kappa shape index (κ3) is 5.28. The molecule has 192 valence electrons. The van der Waals surface area contributed by atoms with Crippen molar-refractivity contribution in [3.63, 3.8) is 0 Å². The zero-order chi connectivity index (χ0) is 25.9. The Hall–Kier alpha value is -3.94. The lowest BCUT2D eigenvalue weighted by Crippen LogP contribution is -2.49. The number of amides is 1. The van der Waals surface area contributed by atoms with Gasteiger partial charge in [0.05, 0.1) is 30.1 Å². The minimum absolute atomic E-state index is 0.00375. The van der Waals surface area contributed by atoms with E-state index in [0.717, 1.165) is 23.5 Å². The minimum Gasteiger partial charge on any atom is -0.489 e. The molecule has 0 bridgehead atoms. The number of piperazine rings is 1. The van der Waals surface area contributed by atoms with Crippen LogP contribution in [0.5, 0.6) is 5.75 Å². The normalized spacial score (nSPS) is 20.0. The van der Waals surface area contributed by atoms with Crippen LogP contribution in [-0.2, 0) is 9.53 Å². The molecule has 3 aromatic heterocycles. The molecular weight excluding hydrogens is 470 g/mol. The Morgan fingerprint density at radius 1 is 1.30 bits per heavy atom. The lowest BCUT2D eigenvalue weighted by Gasteiger charge is -2.35. The van der Waals surface area contributed by atoms with Gasteiger partial charge in [0.1, 0.15) is 30.3 Å². The summed E-state index contributed by atoms with van der Waals surface area (Å²) in [6.45, 7) is 12.1. The zero-order valence-corrected chi connectivity index (χ0v) is 21.2. The topological polar surface area (TPSA) is 108 Å². The van der Waals surface area contributed by atoms with Crippen molar-refractivity contribution in [1.82, 2.24) is 24.8 Å². The summed E-state index contributed by atoms with van der Waals surface area (Å²) in [7, 11) is 0. The highest BCUT2D eigenvalue weighted by atomic mass is 16.5. The first-order valence-corrected chi connectivity index (χ1v) is 12.5. The molecule has 10 heteroatoms. The molecule has 1 N–H and O–H groups in total. The standard InChI is InChI=1S/C27H31N7O3/c1-18(2)27(35)33-8-6-32(7-9-33)25-5-4-20(12-30-25)24-10-22(15-34-26(24)21(11-28)13-31-34)37-17-23-14-29-19(3)16-36-23/h4-5,10,12-13,15,19,23,29H,1,6-9,14,16-17H2,2-3H3/t19-,23+/m1/s1. The van der Waals surface area contributed by atoms with E-state index in [4.69, 9.17) is 14.5 Å². The van der Waals surface area contributed by atoms with Crippen molar-refractivity contribution in [2.24, 2.45) is 0 Å². The number of ether oxygens (including phenoxy) is 2. The quantitative estimate of drug-likeness (QED) is 0.513. The van der Waals surface area contributed by atoms with Crippen molar-refractivity contribution >= 4 is 17.2 Å². The largest absolute Gasteiger partial charge is 0.489 e. The highest BCUT2D eigenvalue weighted by Crippen LogP contribution is 2.31. The van der Waals surface area contributed by atoms with Gasteiger partial charge in [0, 0.05) is 61.7 Å². The highest BCUT2D eigenvalue weighted by molar-refractivity contribution is 5.92. The number of carbonyl (C=O) groups excluding carboxylic acids is 1. The summed E-state index contributed by atoms with van der Waals surface area (Å²) in [5.41, 5.74) is 3.43. The van der Waals surface area contributed by atoms with Gasteiger partial charge in [-0.25, -0.2) is 9.50 Å². The molecule has 37 heavy (non-hydrogen) atoms. The molecule has 0 aromatic carbocycles. The van der Waals surface area contributed by atoms with Gasteiger partial charge in [-0.15, -0.1) is 0 Å². The lowest BCUT2D eigenvalue weighted by molar-refractivity contribution is -0.127. The van der Waals surface area contributed by atoms with E-state index in [1.54, 1.807) is 23.8 Å². The summed E-state index contributed by atoms with van der Waals surface area (Å²) in [6, 6.07) is 8.47. The summed E-state index contributed by atoms with van der Waals surface area (Å²) in [4.78, 5) is 20.9. The van der Waals surface area contributed by atoms with Crippen LogP contribution in [0, 0.1) is 11.3 Å². The molecule has 0 saturated carbocycles. The fourth-order valence-corrected chi connectivity index (χ4v) is 4.65. The van der Waals surface area contributed by atoms with Crippen molar-refractivity contribution < 1.29 is 14.3 Å². The molecule has 5 heterocycles. The van der Waals surface area contributed by atoms with Gasteiger partial charge in [-0.05, 0) is 32.0 Å². The smallest absolute Gasteiger partial charge is 0.249 e. The monoisotopic (exact) mass is 501 g/mol. The minimum atomic E-state index is -0.0326. The molecule has 2 aliphatic heterocycles. The second-order valence-electron chi connectivity index (χ2n) is 9.59. The van der Waals surface area contributed by atoms with E-state index in [0.29, 0.717) is 67.8 Å². The molecule has 1 amide bonds. The Morgan fingerprint density at radius 3 is 2.76 bits per heavy atom. The third-order valence-corrected chi connectivity index (χ3v) is 6.73. The number of nitrogens with one attached hydrogen (secondary N) is 1. The van der Waals surface area contributed by atoms with Gasteiger partial charge >= 0.3 is 0 Å². The predicted octanol–water partition coefficient (Wildman–Crippen LogP) is 2.25. The van der Waals surface area contributed by atoms with Crippen LogP contribution in [0.1, 0.15) is 19.4 Å². The second-order valence-corrected chi connectivity index (χ2v) is 9.59. The van der Waals surface area contributed by atoms with Crippen molar-refractivity contribution in [1.29, 1.82) is 5.26 Å². The molecular formula is C27H31N7O3. The van der Waals surface area contributed by atoms with E-state index in [-0.39, 0.29) is 12.0 Å². The molecule has 2 saturated heterocycles. The number of nitriles is 1. The number of fused-ring (bicyclic) bond motifs is 1. The number of hydrogen-bond donors (Lipinski definition) is 1. The van der Waals surface area contributed by atoms with Crippen LogP contribution in [0.15, 0.2) is 48.9 Å². The molecule has 2 atom stereocenters. The van der Waals surface area contributed by atoms with Gasteiger partial charge < -0.3 is 24.6 Å². The summed E-state index contributed by atoms with van der Waals surface area (Å²) in [5.74, 6) is 1.49. The first kappa shape index (κ1) is 24.7. The Kier molecular flexibility index (Phi) is 7.08. The Bertz CT molecular complexity index is 1330. The van der Waals surface area contributed by atoms with Gasteiger partial charge in [0.2, 0.25) is 5.91 Å². The number of aromatic nitrogens is 3. The van der Waals surface area contributed by atoms with E-state index in [1.807, 2.05) is 29.3 Å². The number of nitrogens with zero attached hydrogens (tertiary/aromatic N) is 6. The highest BCUT2D eigenvalue weighted by Gasteiger charge is 2.23. The maximum Gasteiger partial charge on any atom is 0.249 e. The van der Waals surface area contributed by atoms with Crippen LogP contribution >= 0.6 is 0 Å². The second kappa shape index (κ2) is 10.6. The predicted molar refractivity (Wildman–Crippen MR) is 139 cm³/mol. The fraction of sp³-hybridized carbons (Fsp3) is 0.407. The van der Waals surface area contributed by atoms with Crippen molar-refractivity contribution in [2.75, 3.05) is 50.8 Å². The van der Waals surface area contributed by atoms with Crippen LogP contribution in [0.3, 0.4) is 0 Å². The average molecular weight is 502 g/mol. The molecule has 2 fully saturated rings. The number of morpholine rings is 1. The Balaban J connectivity index is 1.35. The van der Waals surface area contributed by atoms with Crippen LogP contribution in [0.4, 0.5) is 5.82 Å². The number of pyridine rings is 2. The maximum absolute atomic E-state index is 12.2. The molecule has 0 aliphatic carbocycles. The Morgan fingerprint density at radius 2 is 2.11 bits per heavy atom. The van der Waals surface area contributed by atoms with Crippen LogP contribution < -0.4 is 15.0 Å². The van der Waals surface area contributed by atoms with Gasteiger partial charge in [-0.2, -0.15) is 10.4 Å². The van der Waals surface area contributed by atoms with Crippen molar-refractivity contribution in [3.8, 4) is 22.9 Å². The lowest BCUT2D eigenvalue weighted by atomic mass is 10.1. The summed E-state index contributed by atoms with van der Waals surface area (Å²) >= 11 is 0. The molecule has 0 spiro atoms. The summed E-state index contributed by atoms with van der Waals surface area (Å²) in [6.07, 6.45) is 5.12. The van der Waals surface area contributed by atoms with E-state index in [9.17, 15) is 10.1 Å². The molecule has 2 aliphatic rings. The molecule has 10 nitrogen and oxygen atoms in total. The van der Waals surface area contributed by atoms with Crippen molar-refractivity contribution in [2.45, 2.75) is 26.0 Å². The van der Waals surface area contributed by atoms with Crippen LogP contribution in [0.25, 0.3) is 16.6 Å². The maximum atomic E-state index is 12.2. The third-order valence-electron chi connectivity index (χ3n) is 6.73. The summed E-state index contributed by atoms with van der Waals surface area (Å²) in [5, 5.41) is 17.4. The van der Waals surface area contributed by atoms with E-state index in [2.05, 4.69) is 34.9 Å². The summed E-state index contributed by atoms with van der Waals surface area (Å²) < 4.78 is 13.6. The van der Waals surface area contributed by atoms with Crippen LogP contribution in [0.2, 0.25) is 0 Å². The molecule has 5 rings (SSSR count). The molecule has 0 radical (unpaired) electrons.